The van der Waals surface area contributed by atoms with Gasteiger partial charge in [-0.3, -0.25) is 4.99 Å². The van der Waals surface area contributed by atoms with Gasteiger partial charge in [0.1, 0.15) is 0 Å². The van der Waals surface area contributed by atoms with Crippen LogP contribution in [0.1, 0.15) is 32.8 Å². The van der Waals surface area contributed by atoms with Crippen molar-refractivity contribution in [2.75, 3.05) is 26.2 Å². The number of nitrogens with one attached hydrogen (secondary N) is 2. The highest BCUT2D eigenvalue weighted by Gasteiger charge is 1.98. The smallest absolute Gasteiger partial charge is 0.191 e. The quantitative estimate of drug-likeness (QED) is 0.280. The van der Waals surface area contributed by atoms with Gasteiger partial charge < -0.3 is 15.4 Å². The molecule has 126 valence electrons. The fraction of sp³-hybridized carbons (Fsp3) is 0.588. The highest BCUT2D eigenvalue weighted by Crippen LogP contribution is 1.98. The van der Waals surface area contributed by atoms with Crippen LogP contribution in [0.15, 0.2) is 35.3 Å². The minimum absolute atomic E-state index is 0. The van der Waals surface area contributed by atoms with Crippen molar-refractivity contribution in [2.24, 2.45) is 4.99 Å². The van der Waals surface area contributed by atoms with Crippen molar-refractivity contribution < 1.29 is 4.74 Å². The number of rotatable bonds is 9. The molecule has 1 aromatic rings. The van der Waals surface area contributed by atoms with E-state index in [4.69, 9.17) is 4.74 Å². The van der Waals surface area contributed by atoms with Crippen molar-refractivity contribution in [3.05, 3.63) is 35.9 Å². The molecule has 1 aromatic carbocycles. The molecular formula is C17H30IN3O. The molecule has 0 fully saturated rings. The molecule has 0 aliphatic carbocycles. The van der Waals surface area contributed by atoms with Gasteiger partial charge in [0.05, 0.1) is 6.10 Å². The maximum Gasteiger partial charge on any atom is 0.191 e. The molecule has 0 aliphatic rings. The van der Waals surface area contributed by atoms with Crippen LogP contribution in [0.4, 0.5) is 0 Å². The third kappa shape index (κ3) is 10.8. The molecule has 0 aliphatic heterocycles. The summed E-state index contributed by atoms with van der Waals surface area (Å²) in [6.45, 7) is 9.50. The number of aliphatic imine (C=N–C) groups is 1. The minimum Gasteiger partial charge on any atom is -0.379 e. The van der Waals surface area contributed by atoms with Crippen molar-refractivity contribution in [2.45, 2.75) is 39.7 Å². The van der Waals surface area contributed by atoms with Gasteiger partial charge in [-0.15, -0.1) is 24.0 Å². The average Bonchev–Trinajstić information content (AvgIpc) is 2.47. The number of benzene rings is 1. The van der Waals surface area contributed by atoms with E-state index in [0.717, 1.165) is 45.0 Å². The largest absolute Gasteiger partial charge is 0.379 e. The number of hydrogen-bond donors (Lipinski definition) is 2. The van der Waals surface area contributed by atoms with Crippen LogP contribution in [0, 0.1) is 0 Å². The second-order valence-corrected chi connectivity index (χ2v) is 5.20. The normalized spacial score (nSPS) is 11.2. The minimum atomic E-state index is 0. The highest BCUT2D eigenvalue weighted by atomic mass is 127. The summed E-state index contributed by atoms with van der Waals surface area (Å²) in [5.41, 5.74) is 1.34. The topological polar surface area (TPSA) is 45.7 Å². The van der Waals surface area contributed by atoms with Crippen molar-refractivity contribution in [3.8, 4) is 0 Å². The SMILES string of the molecule is CCNC(=NCCCOC(C)C)NCCc1ccccc1.I. The molecule has 0 spiro atoms. The van der Waals surface area contributed by atoms with Gasteiger partial charge in [-0.2, -0.15) is 0 Å². The van der Waals surface area contributed by atoms with Gasteiger partial charge in [0.25, 0.3) is 0 Å². The average molecular weight is 419 g/mol. The molecule has 0 aromatic heterocycles. The molecule has 2 N–H and O–H groups in total. The Labute approximate surface area is 152 Å². The van der Waals surface area contributed by atoms with Crippen molar-refractivity contribution in [3.63, 3.8) is 0 Å². The number of nitrogens with zero attached hydrogens (tertiary/aromatic N) is 1. The molecule has 0 bridgehead atoms. The summed E-state index contributed by atoms with van der Waals surface area (Å²) in [6.07, 6.45) is 2.25. The molecule has 0 heterocycles. The van der Waals surface area contributed by atoms with E-state index in [9.17, 15) is 0 Å². The molecule has 0 saturated carbocycles. The van der Waals surface area contributed by atoms with Crippen LogP contribution < -0.4 is 10.6 Å². The first-order chi connectivity index (χ1) is 10.2. The Morgan fingerprint density at radius 2 is 1.91 bits per heavy atom. The third-order valence-corrected chi connectivity index (χ3v) is 2.92. The van der Waals surface area contributed by atoms with Crippen molar-refractivity contribution in [1.29, 1.82) is 0 Å². The molecule has 0 radical (unpaired) electrons. The molecule has 0 saturated heterocycles. The summed E-state index contributed by atoms with van der Waals surface area (Å²) in [4.78, 5) is 4.56. The molecule has 1 rings (SSSR count). The van der Waals surface area contributed by atoms with Crippen molar-refractivity contribution in [1.82, 2.24) is 10.6 Å². The first kappa shape index (κ1) is 21.2. The molecule has 0 unspecified atom stereocenters. The lowest BCUT2D eigenvalue weighted by Crippen LogP contribution is -2.38. The number of guanidine groups is 1. The van der Waals surface area contributed by atoms with Gasteiger partial charge in [-0.05, 0) is 39.2 Å². The zero-order chi connectivity index (χ0) is 15.3. The molecule has 22 heavy (non-hydrogen) atoms. The highest BCUT2D eigenvalue weighted by molar-refractivity contribution is 14.0. The fourth-order valence-electron chi connectivity index (χ4n) is 1.89. The van der Waals surface area contributed by atoms with Gasteiger partial charge in [0, 0.05) is 26.2 Å². The third-order valence-electron chi connectivity index (χ3n) is 2.92. The second-order valence-electron chi connectivity index (χ2n) is 5.20. The molecule has 0 atom stereocenters. The van der Waals surface area contributed by atoms with Crippen LogP contribution in [-0.2, 0) is 11.2 Å². The Morgan fingerprint density at radius 1 is 1.18 bits per heavy atom. The monoisotopic (exact) mass is 419 g/mol. The van der Waals surface area contributed by atoms with Gasteiger partial charge in [0.2, 0.25) is 0 Å². The molecule has 0 amide bonds. The van der Waals surface area contributed by atoms with E-state index in [1.807, 2.05) is 6.07 Å². The number of ether oxygens (including phenoxy) is 1. The molecule has 4 nitrogen and oxygen atoms in total. The fourth-order valence-corrected chi connectivity index (χ4v) is 1.89. The van der Waals surface area contributed by atoms with E-state index in [-0.39, 0.29) is 24.0 Å². The van der Waals surface area contributed by atoms with Gasteiger partial charge >= 0.3 is 0 Å². The predicted octanol–water partition coefficient (Wildman–Crippen LogP) is 3.22. The Bertz CT molecular complexity index is 396. The van der Waals surface area contributed by atoms with Crippen LogP contribution in [0.2, 0.25) is 0 Å². The van der Waals surface area contributed by atoms with E-state index >= 15 is 0 Å². The summed E-state index contributed by atoms with van der Waals surface area (Å²) in [5.74, 6) is 0.887. The lowest BCUT2D eigenvalue weighted by atomic mass is 10.1. The van der Waals surface area contributed by atoms with E-state index in [1.54, 1.807) is 0 Å². The number of hydrogen-bond acceptors (Lipinski definition) is 2. The van der Waals surface area contributed by atoms with Gasteiger partial charge in [-0.25, -0.2) is 0 Å². The van der Waals surface area contributed by atoms with Crippen LogP contribution in [0.25, 0.3) is 0 Å². The van der Waals surface area contributed by atoms with Gasteiger partial charge in [-0.1, -0.05) is 30.3 Å². The predicted molar refractivity (Wildman–Crippen MR) is 105 cm³/mol. The van der Waals surface area contributed by atoms with Crippen LogP contribution in [-0.4, -0.2) is 38.3 Å². The first-order valence-corrected chi connectivity index (χ1v) is 7.90. The van der Waals surface area contributed by atoms with Crippen molar-refractivity contribution >= 4 is 29.9 Å². The zero-order valence-electron chi connectivity index (χ0n) is 14.0. The van der Waals surface area contributed by atoms with E-state index in [2.05, 4.69) is 60.7 Å². The van der Waals surface area contributed by atoms with Crippen LogP contribution >= 0.6 is 24.0 Å². The lowest BCUT2D eigenvalue weighted by Gasteiger charge is -2.11. The summed E-state index contributed by atoms with van der Waals surface area (Å²) in [6, 6.07) is 10.5. The summed E-state index contributed by atoms with van der Waals surface area (Å²) >= 11 is 0. The second kappa shape index (κ2) is 13.8. The van der Waals surface area contributed by atoms with E-state index in [0.29, 0.717) is 6.10 Å². The Balaban J connectivity index is 0.00000441. The first-order valence-electron chi connectivity index (χ1n) is 7.90. The Hall–Kier alpha value is -0.820. The maximum atomic E-state index is 5.51. The van der Waals surface area contributed by atoms with Gasteiger partial charge in [0.15, 0.2) is 5.96 Å². The molecule has 5 heteroatoms. The van der Waals surface area contributed by atoms with E-state index < -0.39 is 0 Å². The number of halogens is 1. The van der Waals surface area contributed by atoms with E-state index in [1.165, 1.54) is 5.56 Å². The Kier molecular flexibility index (Phi) is 13.3. The lowest BCUT2D eigenvalue weighted by molar-refractivity contribution is 0.0782. The summed E-state index contributed by atoms with van der Waals surface area (Å²) in [5, 5.41) is 6.63. The van der Waals surface area contributed by atoms with Crippen LogP contribution in [0.3, 0.4) is 0 Å². The molecular weight excluding hydrogens is 389 g/mol. The maximum absolute atomic E-state index is 5.51. The standard InChI is InChI=1S/C17H29N3O.HI/c1-4-18-17(19-12-8-14-21-15(2)3)20-13-11-16-9-6-5-7-10-16;/h5-7,9-10,15H,4,8,11-14H2,1-3H3,(H2,18,19,20);1H. The van der Waals surface area contributed by atoms with Crippen LogP contribution in [0.5, 0.6) is 0 Å². The Morgan fingerprint density at radius 3 is 2.55 bits per heavy atom. The summed E-state index contributed by atoms with van der Waals surface area (Å²) < 4.78 is 5.51. The zero-order valence-corrected chi connectivity index (χ0v) is 16.3. The summed E-state index contributed by atoms with van der Waals surface area (Å²) in [7, 11) is 0.